The third-order valence-electron chi connectivity index (χ3n) is 3.73. The molecule has 0 spiro atoms. The van der Waals surface area contributed by atoms with Crippen LogP contribution in [-0.4, -0.2) is 24.1 Å². The van der Waals surface area contributed by atoms with Crippen LogP contribution >= 0.6 is 11.8 Å². The summed E-state index contributed by atoms with van der Waals surface area (Å²) in [4.78, 5) is 0. The van der Waals surface area contributed by atoms with Crippen LogP contribution in [-0.2, 0) is 0 Å². The fourth-order valence-electron chi connectivity index (χ4n) is 2.11. The van der Waals surface area contributed by atoms with Gasteiger partial charge < -0.3 is 5.32 Å². The van der Waals surface area contributed by atoms with E-state index in [-0.39, 0.29) is 0 Å². The Labute approximate surface area is 93.4 Å². The molecule has 84 valence electrons. The molecule has 0 aliphatic heterocycles. The Morgan fingerprint density at radius 1 is 1.29 bits per heavy atom. The van der Waals surface area contributed by atoms with E-state index in [0.29, 0.717) is 4.75 Å². The van der Waals surface area contributed by atoms with Crippen LogP contribution in [0.2, 0.25) is 0 Å². The van der Waals surface area contributed by atoms with E-state index >= 15 is 0 Å². The smallest absolute Gasteiger partial charge is 0.0281 e. The lowest BCUT2D eigenvalue weighted by molar-refractivity contribution is 0.331. The second kappa shape index (κ2) is 6.02. The van der Waals surface area contributed by atoms with Gasteiger partial charge in [-0.15, -0.1) is 0 Å². The number of rotatable bonds is 7. The van der Waals surface area contributed by atoms with Crippen molar-refractivity contribution in [1.82, 2.24) is 5.32 Å². The standard InChI is InChI=1S/C12H25NS/c1-4-11(5-2)9-13-10-12(14-3)7-6-8-12/h11,13H,4-10H2,1-3H3. The molecule has 1 nitrogen and oxygen atoms in total. The van der Waals surface area contributed by atoms with Crippen molar-refractivity contribution in [3.8, 4) is 0 Å². The van der Waals surface area contributed by atoms with Gasteiger partial charge in [-0.1, -0.05) is 33.1 Å². The second-order valence-electron chi connectivity index (χ2n) is 4.55. The fraction of sp³-hybridized carbons (Fsp3) is 1.00. The molecule has 0 amide bonds. The molecule has 0 atom stereocenters. The summed E-state index contributed by atoms with van der Waals surface area (Å²) in [7, 11) is 0. The second-order valence-corrected chi connectivity index (χ2v) is 5.83. The Hall–Kier alpha value is 0.310. The van der Waals surface area contributed by atoms with Crippen LogP contribution in [0.25, 0.3) is 0 Å². The maximum Gasteiger partial charge on any atom is 0.0281 e. The number of nitrogens with one attached hydrogen (secondary N) is 1. The van der Waals surface area contributed by atoms with Gasteiger partial charge in [-0.05, 0) is 31.6 Å². The summed E-state index contributed by atoms with van der Waals surface area (Å²) >= 11 is 2.06. The molecule has 2 heteroatoms. The van der Waals surface area contributed by atoms with Crippen molar-refractivity contribution in [3.05, 3.63) is 0 Å². The molecule has 0 heterocycles. The Kier molecular flexibility index (Phi) is 5.32. The summed E-state index contributed by atoms with van der Waals surface area (Å²) in [5.41, 5.74) is 0. The van der Waals surface area contributed by atoms with Crippen molar-refractivity contribution in [2.45, 2.75) is 50.7 Å². The molecule has 1 aliphatic carbocycles. The molecule has 0 aromatic rings. The number of hydrogen-bond acceptors (Lipinski definition) is 2. The van der Waals surface area contributed by atoms with Gasteiger partial charge in [0.1, 0.15) is 0 Å². The van der Waals surface area contributed by atoms with E-state index in [1.54, 1.807) is 0 Å². The molecular formula is C12H25NS. The van der Waals surface area contributed by atoms with Gasteiger partial charge in [-0.3, -0.25) is 0 Å². The summed E-state index contributed by atoms with van der Waals surface area (Å²) in [5.74, 6) is 0.883. The van der Waals surface area contributed by atoms with Crippen molar-refractivity contribution >= 4 is 11.8 Å². The molecule has 0 aromatic carbocycles. The maximum absolute atomic E-state index is 3.66. The van der Waals surface area contributed by atoms with E-state index in [1.165, 1.54) is 45.2 Å². The van der Waals surface area contributed by atoms with E-state index in [2.05, 4.69) is 37.2 Å². The summed E-state index contributed by atoms with van der Waals surface area (Å²) in [6, 6.07) is 0. The Bertz CT molecular complexity index is 145. The number of thioether (sulfide) groups is 1. The molecule has 0 saturated heterocycles. The third-order valence-corrected chi connectivity index (χ3v) is 5.15. The molecule has 1 aliphatic rings. The van der Waals surface area contributed by atoms with Crippen molar-refractivity contribution in [2.75, 3.05) is 19.3 Å². The van der Waals surface area contributed by atoms with Gasteiger partial charge in [0, 0.05) is 11.3 Å². The zero-order valence-corrected chi connectivity index (χ0v) is 10.8. The van der Waals surface area contributed by atoms with Gasteiger partial charge in [-0.25, -0.2) is 0 Å². The van der Waals surface area contributed by atoms with Crippen molar-refractivity contribution in [1.29, 1.82) is 0 Å². The highest BCUT2D eigenvalue weighted by molar-refractivity contribution is 8.00. The molecule has 0 radical (unpaired) electrons. The van der Waals surface area contributed by atoms with Crippen molar-refractivity contribution in [2.24, 2.45) is 5.92 Å². The first kappa shape index (κ1) is 12.4. The maximum atomic E-state index is 3.66. The zero-order chi connectivity index (χ0) is 10.4. The van der Waals surface area contributed by atoms with E-state index < -0.39 is 0 Å². The molecule has 1 rings (SSSR count). The molecule has 14 heavy (non-hydrogen) atoms. The van der Waals surface area contributed by atoms with Crippen LogP contribution in [0.4, 0.5) is 0 Å². The minimum atomic E-state index is 0.603. The normalized spacial score (nSPS) is 19.7. The van der Waals surface area contributed by atoms with Crippen LogP contribution < -0.4 is 5.32 Å². The molecule has 1 saturated carbocycles. The molecule has 1 N–H and O–H groups in total. The van der Waals surface area contributed by atoms with Gasteiger partial charge in [0.15, 0.2) is 0 Å². The minimum Gasteiger partial charge on any atom is -0.315 e. The van der Waals surface area contributed by atoms with Crippen LogP contribution in [0.5, 0.6) is 0 Å². The first-order valence-corrected chi connectivity index (χ1v) is 7.24. The lowest BCUT2D eigenvalue weighted by atomic mass is 9.84. The van der Waals surface area contributed by atoms with Crippen LogP contribution in [0.1, 0.15) is 46.0 Å². The molecule has 0 aromatic heterocycles. The molecular weight excluding hydrogens is 190 g/mol. The minimum absolute atomic E-state index is 0.603. The largest absolute Gasteiger partial charge is 0.315 e. The quantitative estimate of drug-likeness (QED) is 0.699. The highest BCUT2D eigenvalue weighted by atomic mass is 32.2. The Morgan fingerprint density at radius 3 is 2.29 bits per heavy atom. The Morgan fingerprint density at radius 2 is 1.93 bits per heavy atom. The average molecular weight is 215 g/mol. The predicted molar refractivity (Wildman–Crippen MR) is 67.0 cm³/mol. The van der Waals surface area contributed by atoms with E-state index in [1.807, 2.05) is 0 Å². The monoisotopic (exact) mass is 215 g/mol. The van der Waals surface area contributed by atoms with E-state index in [9.17, 15) is 0 Å². The first-order chi connectivity index (χ1) is 6.76. The van der Waals surface area contributed by atoms with Crippen molar-refractivity contribution < 1.29 is 0 Å². The summed E-state index contributed by atoms with van der Waals surface area (Å²) in [5, 5.41) is 3.66. The summed E-state index contributed by atoms with van der Waals surface area (Å²) in [6.07, 6.45) is 9.17. The van der Waals surface area contributed by atoms with Gasteiger partial charge in [0.25, 0.3) is 0 Å². The van der Waals surface area contributed by atoms with Crippen LogP contribution in [0.15, 0.2) is 0 Å². The SMILES string of the molecule is CCC(CC)CNCC1(SC)CCC1. The summed E-state index contributed by atoms with van der Waals surface area (Å²) in [6.45, 7) is 7.03. The average Bonchev–Trinajstić information content (AvgIpc) is 2.16. The third kappa shape index (κ3) is 3.16. The fourth-order valence-corrected chi connectivity index (χ4v) is 3.05. The van der Waals surface area contributed by atoms with E-state index in [0.717, 1.165) is 5.92 Å². The number of hydrogen-bond donors (Lipinski definition) is 1. The predicted octanol–water partition coefficient (Wildman–Crippen LogP) is 3.30. The topological polar surface area (TPSA) is 12.0 Å². The zero-order valence-electron chi connectivity index (χ0n) is 9.94. The molecule has 0 bridgehead atoms. The lowest BCUT2D eigenvalue weighted by Crippen LogP contribution is -2.44. The highest BCUT2D eigenvalue weighted by Gasteiger charge is 2.35. The van der Waals surface area contributed by atoms with Gasteiger partial charge in [0.2, 0.25) is 0 Å². The van der Waals surface area contributed by atoms with Crippen LogP contribution in [0.3, 0.4) is 0 Å². The van der Waals surface area contributed by atoms with E-state index in [4.69, 9.17) is 0 Å². The van der Waals surface area contributed by atoms with Gasteiger partial charge in [0.05, 0.1) is 0 Å². The first-order valence-electron chi connectivity index (χ1n) is 6.02. The van der Waals surface area contributed by atoms with Gasteiger partial charge >= 0.3 is 0 Å². The lowest BCUT2D eigenvalue weighted by Gasteiger charge is -2.41. The molecule has 1 fully saturated rings. The highest BCUT2D eigenvalue weighted by Crippen LogP contribution is 2.42. The summed E-state index contributed by atoms with van der Waals surface area (Å²) < 4.78 is 0.603. The molecule has 0 unspecified atom stereocenters. The Balaban J connectivity index is 2.13. The van der Waals surface area contributed by atoms with Gasteiger partial charge in [-0.2, -0.15) is 11.8 Å². The van der Waals surface area contributed by atoms with Crippen molar-refractivity contribution in [3.63, 3.8) is 0 Å². The van der Waals surface area contributed by atoms with Crippen LogP contribution in [0, 0.1) is 5.92 Å².